The van der Waals surface area contributed by atoms with Gasteiger partial charge in [0, 0.05) is 42.0 Å². The number of aliphatic hydroxyl groups is 1. The van der Waals surface area contributed by atoms with Gasteiger partial charge < -0.3 is 30.7 Å². The van der Waals surface area contributed by atoms with Crippen LogP contribution < -0.4 is 26.1 Å². The van der Waals surface area contributed by atoms with E-state index in [1.807, 2.05) is 30.3 Å². The topological polar surface area (TPSA) is 85.9 Å². The molecule has 4 N–H and O–H groups in total. The first-order valence-electron chi connectivity index (χ1n) is 10.6. The summed E-state index contributed by atoms with van der Waals surface area (Å²) in [5.74, 6) is 0.681. The molecule has 0 aliphatic carbocycles. The van der Waals surface area contributed by atoms with E-state index in [9.17, 15) is 4.79 Å². The predicted octanol–water partition coefficient (Wildman–Crippen LogP) is 2.78. The second-order valence-electron chi connectivity index (χ2n) is 7.64. The lowest BCUT2D eigenvalue weighted by atomic mass is 10.1. The van der Waals surface area contributed by atoms with Crippen LogP contribution in [0.1, 0.15) is 6.42 Å². The maximum atomic E-state index is 13.5. The van der Waals surface area contributed by atoms with Crippen LogP contribution in [-0.2, 0) is 0 Å². The molecule has 0 unspecified atom stereocenters. The molecule has 0 aliphatic rings. The molecule has 0 atom stereocenters. The normalized spacial score (nSPS) is 11.4. The third-order valence-corrected chi connectivity index (χ3v) is 6.24. The molecule has 2 aromatic carbocycles. The van der Waals surface area contributed by atoms with Gasteiger partial charge in [0.05, 0.1) is 29.5 Å². The zero-order chi connectivity index (χ0) is 22.2. The van der Waals surface area contributed by atoms with Crippen molar-refractivity contribution in [3.63, 3.8) is 0 Å². The van der Waals surface area contributed by atoms with Gasteiger partial charge in [-0.3, -0.25) is 4.79 Å². The Labute approximate surface area is 187 Å². The molecule has 0 aliphatic heterocycles. The van der Waals surface area contributed by atoms with Gasteiger partial charge in [-0.1, -0.05) is 0 Å². The Balaban J connectivity index is 1.99. The molecule has 31 heavy (non-hydrogen) atoms. The van der Waals surface area contributed by atoms with E-state index in [4.69, 9.17) is 9.84 Å². The lowest BCUT2D eigenvalue weighted by Crippen LogP contribution is -2.25. The molecule has 0 amide bonds. The van der Waals surface area contributed by atoms with Crippen LogP contribution in [0.5, 0.6) is 5.75 Å². The van der Waals surface area contributed by atoms with Crippen LogP contribution in [0.3, 0.4) is 0 Å². The molecular weight excluding hydrogens is 412 g/mol. The van der Waals surface area contributed by atoms with Crippen LogP contribution in [0, 0.1) is 0 Å². The minimum absolute atomic E-state index is 0.0137. The van der Waals surface area contributed by atoms with Crippen molar-refractivity contribution in [3.05, 3.63) is 40.6 Å². The summed E-state index contributed by atoms with van der Waals surface area (Å²) < 4.78 is 7.22. The zero-order valence-corrected chi connectivity index (χ0v) is 19.3. The Morgan fingerprint density at radius 1 is 1.03 bits per heavy atom. The highest BCUT2D eigenvalue weighted by atomic mass is 32.1. The van der Waals surface area contributed by atoms with Crippen LogP contribution in [0.25, 0.3) is 20.2 Å². The summed E-state index contributed by atoms with van der Waals surface area (Å²) in [6, 6.07) is 9.68. The van der Waals surface area contributed by atoms with E-state index in [0.717, 1.165) is 46.8 Å². The van der Waals surface area contributed by atoms with E-state index in [1.165, 1.54) is 0 Å². The predicted molar refractivity (Wildman–Crippen MR) is 132 cm³/mol. The number of aliphatic hydroxyl groups excluding tert-OH is 1. The van der Waals surface area contributed by atoms with E-state index in [-0.39, 0.29) is 12.0 Å². The van der Waals surface area contributed by atoms with Crippen LogP contribution in [-0.4, -0.2) is 70.5 Å². The van der Waals surface area contributed by atoms with Crippen molar-refractivity contribution in [2.75, 3.05) is 71.2 Å². The molecule has 3 aromatic rings. The first-order chi connectivity index (χ1) is 15.0. The quantitative estimate of drug-likeness (QED) is 0.252. The molecule has 1 aromatic heterocycles. The maximum Gasteiger partial charge on any atom is 0.198 e. The standard InChI is InChI=1S/C23H32N4O3S/c1-27(2)13-4-9-25-18-6-7-19(26-11-10-24-12-14-28)23-21(18)22(29)17-15-16(30-3)5-8-20(17)31-23/h5-8,15,24-26,28H,4,9-14H2,1-3H3. The van der Waals surface area contributed by atoms with Gasteiger partial charge in [-0.2, -0.15) is 0 Å². The van der Waals surface area contributed by atoms with E-state index >= 15 is 0 Å². The molecule has 8 heteroatoms. The van der Waals surface area contributed by atoms with Gasteiger partial charge in [0.15, 0.2) is 5.43 Å². The third kappa shape index (κ3) is 5.86. The van der Waals surface area contributed by atoms with Gasteiger partial charge in [-0.25, -0.2) is 0 Å². The van der Waals surface area contributed by atoms with Crippen molar-refractivity contribution in [2.45, 2.75) is 6.42 Å². The average molecular weight is 445 g/mol. The number of rotatable bonds is 12. The van der Waals surface area contributed by atoms with E-state index in [1.54, 1.807) is 18.4 Å². The SMILES string of the molecule is COc1ccc2sc3c(NCCNCCO)ccc(NCCCN(C)C)c3c(=O)c2c1. The van der Waals surface area contributed by atoms with Gasteiger partial charge in [-0.15, -0.1) is 11.3 Å². The Bertz CT molecular complexity index is 1070. The molecule has 168 valence electrons. The van der Waals surface area contributed by atoms with Gasteiger partial charge in [-0.05, 0) is 57.4 Å². The Hall–Kier alpha value is -2.39. The number of hydrogen-bond donors (Lipinski definition) is 4. The number of methoxy groups -OCH3 is 1. The highest BCUT2D eigenvalue weighted by molar-refractivity contribution is 7.25. The van der Waals surface area contributed by atoms with Crippen molar-refractivity contribution in [3.8, 4) is 5.75 Å². The molecule has 0 radical (unpaired) electrons. The van der Waals surface area contributed by atoms with Gasteiger partial charge in [0.25, 0.3) is 0 Å². The van der Waals surface area contributed by atoms with Crippen molar-refractivity contribution >= 4 is 42.9 Å². The highest BCUT2D eigenvalue weighted by Crippen LogP contribution is 2.35. The number of benzene rings is 2. The van der Waals surface area contributed by atoms with E-state index in [0.29, 0.717) is 29.6 Å². The van der Waals surface area contributed by atoms with E-state index in [2.05, 4.69) is 34.9 Å². The van der Waals surface area contributed by atoms with Crippen molar-refractivity contribution in [2.24, 2.45) is 0 Å². The van der Waals surface area contributed by atoms with Gasteiger partial charge in [0.1, 0.15) is 5.75 Å². The summed E-state index contributed by atoms with van der Waals surface area (Å²) in [6.07, 6.45) is 0.990. The van der Waals surface area contributed by atoms with Crippen LogP contribution in [0.4, 0.5) is 11.4 Å². The molecule has 0 saturated heterocycles. The van der Waals surface area contributed by atoms with Crippen molar-refractivity contribution in [1.29, 1.82) is 0 Å². The molecule has 0 spiro atoms. The number of nitrogens with one attached hydrogen (secondary N) is 3. The largest absolute Gasteiger partial charge is 0.497 e. The van der Waals surface area contributed by atoms with Crippen LogP contribution in [0.15, 0.2) is 35.1 Å². The Morgan fingerprint density at radius 2 is 1.81 bits per heavy atom. The summed E-state index contributed by atoms with van der Waals surface area (Å²) in [7, 11) is 5.73. The third-order valence-electron chi connectivity index (χ3n) is 5.03. The fraction of sp³-hybridized carbons (Fsp3) is 0.435. The zero-order valence-electron chi connectivity index (χ0n) is 18.5. The summed E-state index contributed by atoms with van der Waals surface area (Å²) in [6.45, 7) is 3.90. The summed E-state index contributed by atoms with van der Waals surface area (Å²) in [5.41, 5.74) is 1.82. The number of anilines is 2. The number of nitrogens with zero attached hydrogens (tertiary/aromatic N) is 1. The molecule has 0 fully saturated rings. The summed E-state index contributed by atoms with van der Waals surface area (Å²) in [4.78, 5) is 15.7. The number of hydrogen-bond acceptors (Lipinski definition) is 8. The van der Waals surface area contributed by atoms with Crippen LogP contribution >= 0.6 is 11.3 Å². The highest BCUT2D eigenvalue weighted by Gasteiger charge is 2.14. The van der Waals surface area contributed by atoms with Crippen LogP contribution in [0.2, 0.25) is 0 Å². The smallest absolute Gasteiger partial charge is 0.198 e. The lowest BCUT2D eigenvalue weighted by Gasteiger charge is -2.16. The Morgan fingerprint density at radius 3 is 2.55 bits per heavy atom. The minimum Gasteiger partial charge on any atom is -0.497 e. The summed E-state index contributed by atoms with van der Waals surface area (Å²) in [5, 5.41) is 20.4. The lowest BCUT2D eigenvalue weighted by molar-refractivity contribution is 0.293. The second kappa shape index (κ2) is 11.3. The monoisotopic (exact) mass is 444 g/mol. The molecule has 1 heterocycles. The van der Waals surface area contributed by atoms with Gasteiger partial charge >= 0.3 is 0 Å². The first-order valence-corrected chi connectivity index (χ1v) is 11.4. The van der Waals surface area contributed by atoms with Crippen molar-refractivity contribution in [1.82, 2.24) is 10.2 Å². The minimum atomic E-state index is 0.0137. The molecular formula is C23H32N4O3S. The maximum absolute atomic E-state index is 13.5. The second-order valence-corrected chi connectivity index (χ2v) is 8.69. The number of ether oxygens (including phenoxy) is 1. The average Bonchev–Trinajstić information content (AvgIpc) is 2.77. The Kier molecular flexibility index (Phi) is 8.48. The van der Waals surface area contributed by atoms with Crippen molar-refractivity contribution < 1.29 is 9.84 Å². The molecule has 7 nitrogen and oxygen atoms in total. The first kappa shape index (κ1) is 23.3. The summed E-state index contributed by atoms with van der Waals surface area (Å²) >= 11 is 1.61. The molecule has 0 saturated carbocycles. The number of fused-ring (bicyclic) bond motifs is 2. The fourth-order valence-electron chi connectivity index (χ4n) is 3.46. The van der Waals surface area contributed by atoms with E-state index < -0.39 is 0 Å². The fourth-order valence-corrected chi connectivity index (χ4v) is 4.63. The molecule has 0 bridgehead atoms. The van der Waals surface area contributed by atoms with Gasteiger partial charge in [0.2, 0.25) is 0 Å². The molecule has 3 rings (SSSR count).